The SMILES string of the molecule is O=C(Oc1cccnc1)c1ccc(F)cc1. The third-order valence-corrected chi connectivity index (χ3v) is 1.92. The third kappa shape index (κ3) is 2.42. The highest BCUT2D eigenvalue weighted by molar-refractivity contribution is 5.90. The van der Waals surface area contributed by atoms with Crippen molar-refractivity contribution in [1.82, 2.24) is 4.98 Å². The lowest BCUT2D eigenvalue weighted by molar-refractivity contribution is 0.0734. The maximum Gasteiger partial charge on any atom is 0.343 e. The van der Waals surface area contributed by atoms with Crippen LogP contribution in [0.1, 0.15) is 10.4 Å². The number of esters is 1. The second-order valence-electron chi connectivity index (χ2n) is 3.09. The predicted octanol–water partition coefficient (Wildman–Crippen LogP) is 2.44. The van der Waals surface area contributed by atoms with Gasteiger partial charge in [0.15, 0.2) is 0 Å². The molecule has 80 valence electrons. The number of benzene rings is 1. The molecule has 0 radical (unpaired) electrons. The average molecular weight is 217 g/mol. The highest BCUT2D eigenvalue weighted by Crippen LogP contribution is 2.10. The Bertz CT molecular complexity index is 482. The third-order valence-electron chi connectivity index (χ3n) is 1.92. The molecule has 0 aliphatic carbocycles. The quantitative estimate of drug-likeness (QED) is 0.725. The summed E-state index contributed by atoms with van der Waals surface area (Å²) in [5.41, 5.74) is 0.297. The van der Waals surface area contributed by atoms with Gasteiger partial charge in [-0.25, -0.2) is 9.18 Å². The molecule has 0 fully saturated rings. The van der Waals surface area contributed by atoms with Crippen molar-refractivity contribution in [3.8, 4) is 5.75 Å². The summed E-state index contributed by atoms with van der Waals surface area (Å²) in [6.45, 7) is 0. The monoisotopic (exact) mass is 217 g/mol. The van der Waals surface area contributed by atoms with Gasteiger partial charge in [-0.2, -0.15) is 0 Å². The number of halogens is 1. The Morgan fingerprint density at radius 3 is 2.56 bits per heavy atom. The first-order chi connectivity index (χ1) is 7.75. The number of carbonyl (C=O) groups excluding carboxylic acids is 1. The predicted molar refractivity (Wildman–Crippen MR) is 55.6 cm³/mol. The molecule has 0 N–H and O–H groups in total. The van der Waals surface area contributed by atoms with Gasteiger partial charge in [0.1, 0.15) is 11.6 Å². The molecule has 1 aromatic heterocycles. The summed E-state index contributed by atoms with van der Waals surface area (Å²) in [5, 5.41) is 0. The molecule has 0 atom stereocenters. The van der Waals surface area contributed by atoms with Crippen LogP contribution in [-0.4, -0.2) is 11.0 Å². The van der Waals surface area contributed by atoms with Crippen molar-refractivity contribution in [2.24, 2.45) is 0 Å². The van der Waals surface area contributed by atoms with Crippen LogP contribution in [0.25, 0.3) is 0 Å². The minimum absolute atomic E-state index is 0.297. The van der Waals surface area contributed by atoms with E-state index in [2.05, 4.69) is 4.98 Å². The maximum atomic E-state index is 12.6. The van der Waals surface area contributed by atoms with Crippen molar-refractivity contribution in [2.75, 3.05) is 0 Å². The molecule has 0 bridgehead atoms. The topological polar surface area (TPSA) is 39.2 Å². The van der Waals surface area contributed by atoms with E-state index >= 15 is 0 Å². The molecule has 1 heterocycles. The Kier molecular flexibility index (Phi) is 2.91. The molecule has 0 aliphatic rings. The largest absolute Gasteiger partial charge is 0.421 e. The Hall–Kier alpha value is -2.23. The van der Waals surface area contributed by atoms with Crippen LogP contribution in [-0.2, 0) is 0 Å². The van der Waals surface area contributed by atoms with Crippen LogP contribution < -0.4 is 4.74 Å². The van der Waals surface area contributed by atoms with Gasteiger partial charge in [-0.3, -0.25) is 4.98 Å². The van der Waals surface area contributed by atoms with E-state index in [1.807, 2.05) is 0 Å². The molecule has 3 nitrogen and oxygen atoms in total. The number of ether oxygens (including phenoxy) is 1. The molecule has 0 saturated carbocycles. The van der Waals surface area contributed by atoms with E-state index in [-0.39, 0.29) is 0 Å². The second-order valence-corrected chi connectivity index (χ2v) is 3.09. The van der Waals surface area contributed by atoms with Crippen LogP contribution in [0.4, 0.5) is 4.39 Å². The highest BCUT2D eigenvalue weighted by atomic mass is 19.1. The Morgan fingerprint density at radius 2 is 1.94 bits per heavy atom. The minimum Gasteiger partial charge on any atom is -0.421 e. The van der Waals surface area contributed by atoms with Crippen molar-refractivity contribution in [3.05, 3.63) is 60.2 Å². The lowest BCUT2D eigenvalue weighted by Gasteiger charge is -2.02. The number of hydrogen-bond donors (Lipinski definition) is 0. The first-order valence-electron chi connectivity index (χ1n) is 4.63. The van der Waals surface area contributed by atoms with Crippen molar-refractivity contribution < 1.29 is 13.9 Å². The van der Waals surface area contributed by atoms with Crippen molar-refractivity contribution >= 4 is 5.97 Å². The van der Waals surface area contributed by atoms with Crippen LogP contribution in [0.2, 0.25) is 0 Å². The van der Waals surface area contributed by atoms with E-state index in [4.69, 9.17) is 4.74 Å². The Labute approximate surface area is 91.5 Å². The molecule has 0 unspecified atom stereocenters. The smallest absolute Gasteiger partial charge is 0.343 e. The zero-order valence-electron chi connectivity index (χ0n) is 8.26. The molecule has 0 spiro atoms. The van der Waals surface area contributed by atoms with E-state index < -0.39 is 11.8 Å². The van der Waals surface area contributed by atoms with Crippen molar-refractivity contribution in [2.45, 2.75) is 0 Å². The fourth-order valence-electron chi connectivity index (χ4n) is 1.16. The van der Waals surface area contributed by atoms with Gasteiger partial charge in [0.05, 0.1) is 11.8 Å². The molecule has 2 rings (SSSR count). The summed E-state index contributed by atoms with van der Waals surface area (Å²) in [6, 6.07) is 8.43. The van der Waals surface area contributed by atoms with Gasteiger partial charge < -0.3 is 4.74 Å². The molecule has 16 heavy (non-hydrogen) atoms. The number of aromatic nitrogens is 1. The van der Waals surface area contributed by atoms with E-state index in [0.29, 0.717) is 11.3 Å². The van der Waals surface area contributed by atoms with Crippen LogP contribution in [0.15, 0.2) is 48.8 Å². The van der Waals surface area contributed by atoms with Gasteiger partial charge in [-0.1, -0.05) is 0 Å². The molecule has 2 aromatic rings. The Morgan fingerprint density at radius 1 is 1.19 bits per heavy atom. The first-order valence-corrected chi connectivity index (χ1v) is 4.63. The van der Waals surface area contributed by atoms with E-state index in [0.717, 1.165) is 0 Å². The molecule has 1 aromatic carbocycles. The Balaban J connectivity index is 2.12. The summed E-state index contributed by atoms with van der Waals surface area (Å²) in [7, 11) is 0. The lowest BCUT2D eigenvalue weighted by Crippen LogP contribution is -2.08. The fraction of sp³-hybridized carbons (Fsp3) is 0. The average Bonchev–Trinajstić information content (AvgIpc) is 2.31. The molecular formula is C12H8FNO2. The van der Waals surface area contributed by atoms with Gasteiger partial charge >= 0.3 is 5.97 Å². The molecule has 0 aliphatic heterocycles. The molecular weight excluding hydrogens is 209 g/mol. The highest BCUT2D eigenvalue weighted by Gasteiger charge is 2.07. The molecule has 0 amide bonds. The minimum atomic E-state index is -0.534. The van der Waals surface area contributed by atoms with E-state index in [1.165, 1.54) is 30.5 Å². The van der Waals surface area contributed by atoms with Gasteiger partial charge in [0.25, 0.3) is 0 Å². The number of hydrogen-bond acceptors (Lipinski definition) is 3. The normalized spacial score (nSPS) is 9.81. The maximum absolute atomic E-state index is 12.6. The van der Waals surface area contributed by atoms with Gasteiger partial charge in [-0.15, -0.1) is 0 Å². The fourth-order valence-corrected chi connectivity index (χ4v) is 1.16. The standard InChI is InChI=1S/C12H8FNO2/c13-10-5-3-9(4-6-10)12(15)16-11-2-1-7-14-8-11/h1-8H. The number of nitrogens with zero attached hydrogens (tertiary/aromatic N) is 1. The van der Waals surface area contributed by atoms with Crippen molar-refractivity contribution in [1.29, 1.82) is 0 Å². The molecule has 4 heteroatoms. The summed E-state index contributed by atoms with van der Waals surface area (Å²) < 4.78 is 17.6. The number of pyridine rings is 1. The number of carbonyl (C=O) groups is 1. The van der Waals surface area contributed by atoms with Crippen molar-refractivity contribution in [3.63, 3.8) is 0 Å². The summed E-state index contributed by atoms with van der Waals surface area (Å²) in [5.74, 6) is -0.567. The van der Waals surface area contributed by atoms with Crippen LogP contribution >= 0.6 is 0 Å². The summed E-state index contributed by atoms with van der Waals surface area (Å²) in [6.07, 6.45) is 3.01. The number of rotatable bonds is 2. The zero-order chi connectivity index (χ0) is 11.4. The van der Waals surface area contributed by atoms with Crippen LogP contribution in [0, 0.1) is 5.82 Å². The van der Waals surface area contributed by atoms with Crippen LogP contribution in [0.5, 0.6) is 5.75 Å². The summed E-state index contributed by atoms with van der Waals surface area (Å²) in [4.78, 5) is 15.4. The van der Waals surface area contributed by atoms with Crippen LogP contribution in [0.3, 0.4) is 0 Å². The summed E-state index contributed by atoms with van der Waals surface area (Å²) >= 11 is 0. The van der Waals surface area contributed by atoms with E-state index in [1.54, 1.807) is 18.3 Å². The van der Waals surface area contributed by atoms with Gasteiger partial charge in [-0.05, 0) is 36.4 Å². The zero-order valence-corrected chi connectivity index (χ0v) is 8.26. The van der Waals surface area contributed by atoms with Gasteiger partial charge in [0.2, 0.25) is 0 Å². The lowest BCUT2D eigenvalue weighted by atomic mass is 10.2. The second kappa shape index (κ2) is 4.53. The van der Waals surface area contributed by atoms with E-state index in [9.17, 15) is 9.18 Å². The van der Waals surface area contributed by atoms with Gasteiger partial charge in [0, 0.05) is 6.20 Å². The first kappa shape index (κ1) is 10.3. The molecule has 0 saturated heterocycles.